The van der Waals surface area contributed by atoms with Crippen molar-refractivity contribution >= 4 is 6.09 Å². The summed E-state index contributed by atoms with van der Waals surface area (Å²) in [6.45, 7) is 9.27. The summed E-state index contributed by atoms with van der Waals surface area (Å²) in [7, 11) is 0. The number of amides is 1. The molecule has 7 heteroatoms. The molecule has 1 fully saturated rings. The first-order valence-electron chi connectivity index (χ1n) is 7.92. The van der Waals surface area contributed by atoms with Crippen LogP contribution < -0.4 is 5.32 Å². The second kappa shape index (κ2) is 7.09. The van der Waals surface area contributed by atoms with Crippen LogP contribution in [0.2, 0.25) is 0 Å². The van der Waals surface area contributed by atoms with E-state index in [1.54, 1.807) is 0 Å². The summed E-state index contributed by atoms with van der Waals surface area (Å²) >= 11 is 0. The predicted octanol–water partition coefficient (Wildman–Crippen LogP) is 2.07. The molecular formula is C15H27N5O2. The molecule has 0 bridgehead atoms. The van der Waals surface area contributed by atoms with Crippen molar-refractivity contribution in [3.8, 4) is 0 Å². The van der Waals surface area contributed by atoms with Crippen molar-refractivity contribution in [3.63, 3.8) is 0 Å². The molecule has 1 amide bonds. The van der Waals surface area contributed by atoms with Crippen LogP contribution in [0.4, 0.5) is 4.79 Å². The molecule has 2 heterocycles. The molecule has 2 N–H and O–H groups in total. The summed E-state index contributed by atoms with van der Waals surface area (Å²) in [5.74, 6) is 0.822. The van der Waals surface area contributed by atoms with Crippen LogP contribution >= 0.6 is 0 Å². The predicted molar refractivity (Wildman–Crippen MR) is 83.3 cm³/mol. The molecule has 7 nitrogen and oxygen atoms in total. The first-order chi connectivity index (χ1) is 10.3. The lowest BCUT2D eigenvalue weighted by Crippen LogP contribution is -2.42. The lowest BCUT2D eigenvalue weighted by Gasteiger charge is -2.30. The minimum atomic E-state index is -0.444. The van der Waals surface area contributed by atoms with Gasteiger partial charge in [-0.05, 0) is 47.0 Å². The number of aromatic nitrogens is 3. The quantitative estimate of drug-likeness (QED) is 0.870. The minimum Gasteiger partial charge on any atom is -0.444 e. The van der Waals surface area contributed by atoms with E-state index < -0.39 is 5.60 Å². The first kappa shape index (κ1) is 16.7. The second-order valence-electron chi connectivity index (χ2n) is 6.92. The van der Waals surface area contributed by atoms with Crippen LogP contribution in [0, 0.1) is 0 Å². The number of nitrogens with zero attached hydrogens (tertiary/aromatic N) is 3. The lowest BCUT2D eigenvalue weighted by molar-refractivity contribution is 0.0214. The molecule has 0 spiro atoms. The topological polar surface area (TPSA) is 83.1 Å². The van der Waals surface area contributed by atoms with Crippen LogP contribution in [0.1, 0.15) is 52.8 Å². The standard InChI is InChI=1S/C15H27N5O2/c1-11(16-9-13-17-10-18-19-13)8-12-6-5-7-20(12)14(21)22-15(2,3)4/h10-12,16H,5-9H2,1-4H3,(H,17,18,19). The number of aromatic amines is 1. The number of hydrogen-bond donors (Lipinski definition) is 2. The summed E-state index contributed by atoms with van der Waals surface area (Å²) in [4.78, 5) is 18.2. The smallest absolute Gasteiger partial charge is 0.410 e. The maximum atomic E-state index is 12.3. The van der Waals surface area contributed by atoms with E-state index in [1.807, 2.05) is 25.7 Å². The zero-order chi connectivity index (χ0) is 16.2. The van der Waals surface area contributed by atoms with E-state index >= 15 is 0 Å². The number of likely N-dealkylation sites (tertiary alicyclic amines) is 1. The Morgan fingerprint density at radius 1 is 1.59 bits per heavy atom. The molecule has 0 aromatic carbocycles. The van der Waals surface area contributed by atoms with E-state index in [2.05, 4.69) is 27.4 Å². The van der Waals surface area contributed by atoms with Crippen LogP contribution in [-0.2, 0) is 11.3 Å². The van der Waals surface area contributed by atoms with Crippen LogP contribution in [0.25, 0.3) is 0 Å². The van der Waals surface area contributed by atoms with Crippen molar-refractivity contribution in [3.05, 3.63) is 12.2 Å². The lowest BCUT2D eigenvalue weighted by atomic mass is 10.1. The Kier molecular flexibility index (Phi) is 5.39. The van der Waals surface area contributed by atoms with Gasteiger partial charge in [0.25, 0.3) is 0 Å². The third-order valence-corrected chi connectivity index (χ3v) is 3.71. The number of carbonyl (C=O) groups excluding carboxylic acids is 1. The molecule has 1 aliphatic heterocycles. The molecule has 1 saturated heterocycles. The Hall–Kier alpha value is -1.63. The van der Waals surface area contributed by atoms with Gasteiger partial charge < -0.3 is 15.0 Å². The molecule has 0 aliphatic carbocycles. The van der Waals surface area contributed by atoms with E-state index in [0.29, 0.717) is 6.54 Å². The Morgan fingerprint density at radius 3 is 3.00 bits per heavy atom. The highest BCUT2D eigenvalue weighted by molar-refractivity contribution is 5.68. The molecule has 124 valence electrons. The molecule has 1 aliphatic rings. The number of hydrogen-bond acceptors (Lipinski definition) is 5. The third-order valence-electron chi connectivity index (χ3n) is 3.71. The average Bonchev–Trinajstić information content (AvgIpc) is 3.05. The van der Waals surface area contributed by atoms with Gasteiger partial charge in [0.15, 0.2) is 0 Å². The highest BCUT2D eigenvalue weighted by Gasteiger charge is 2.32. The summed E-state index contributed by atoms with van der Waals surface area (Å²) in [5, 5.41) is 10.1. The van der Waals surface area contributed by atoms with Crippen LogP contribution in [0.15, 0.2) is 6.33 Å². The Labute approximate surface area is 131 Å². The molecular weight excluding hydrogens is 282 g/mol. The van der Waals surface area contributed by atoms with Gasteiger partial charge in [0.1, 0.15) is 17.8 Å². The fourth-order valence-electron chi connectivity index (χ4n) is 2.72. The fourth-order valence-corrected chi connectivity index (χ4v) is 2.72. The van der Waals surface area contributed by atoms with E-state index in [-0.39, 0.29) is 18.2 Å². The largest absolute Gasteiger partial charge is 0.444 e. The maximum absolute atomic E-state index is 12.3. The zero-order valence-corrected chi connectivity index (χ0v) is 13.9. The van der Waals surface area contributed by atoms with E-state index in [0.717, 1.165) is 31.6 Å². The van der Waals surface area contributed by atoms with Gasteiger partial charge in [-0.1, -0.05) is 0 Å². The van der Waals surface area contributed by atoms with Gasteiger partial charge in [-0.3, -0.25) is 5.10 Å². The molecule has 0 radical (unpaired) electrons. The first-order valence-corrected chi connectivity index (χ1v) is 7.92. The summed E-state index contributed by atoms with van der Waals surface area (Å²) in [6.07, 6.45) is 4.29. The van der Waals surface area contributed by atoms with Crippen molar-refractivity contribution in [1.82, 2.24) is 25.4 Å². The van der Waals surface area contributed by atoms with Crippen LogP contribution in [-0.4, -0.2) is 50.4 Å². The minimum absolute atomic E-state index is 0.197. The van der Waals surface area contributed by atoms with Crippen molar-refractivity contribution in [2.45, 2.75) is 71.2 Å². The Bertz CT molecular complexity index is 469. The van der Waals surface area contributed by atoms with Crippen molar-refractivity contribution in [2.75, 3.05) is 6.54 Å². The zero-order valence-electron chi connectivity index (χ0n) is 13.9. The highest BCUT2D eigenvalue weighted by Crippen LogP contribution is 2.24. The van der Waals surface area contributed by atoms with Gasteiger partial charge in [-0.2, -0.15) is 5.10 Å². The SMILES string of the molecule is CC(CC1CCCN1C(=O)OC(C)(C)C)NCc1ncn[nH]1. The van der Waals surface area contributed by atoms with Gasteiger partial charge in [0.2, 0.25) is 0 Å². The number of ether oxygens (including phenoxy) is 1. The third kappa shape index (κ3) is 4.98. The van der Waals surface area contributed by atoms with Gasteiger partial charge >= 0.3 is 6.09 Å². The average molecular weight is 309 g/mol. The molecule has 2 rings (SSSR count). The molecule has 22 heavy (non-hydrogen) atoms. The monoisotopic (exact) mass is 309 g/mol. The van der Waals surface area contributed by atoms with Crippen molar-refractivity contribution in [1.29, 1.82) is 0 Å². The van der Waals surface area contributed by atoms with E-state index in [9.17, 15) is 4.79 Å². The number of nitrogens with one attached hydrogen (secondary N) is 2. The molecule has 2 unspecified atom stereocenters. The van der Waals surface area contributed by atoms with Gasteiger partial charge in [0, 0.05) is 18.6 Å². The molecule has 1 aromatic rings. The highest BCUT2D eigenvalue weighted by atomic mass is 16.6. The second-order valence-corrected chi connectivity index (χ2v) is 6.92. The Morgan fingerprint density at radius 2 is 2.36 bits per heavy atom. The number of rotatable bonds is 5. The molecule has 1 aromatic heterocycles. The van der Waals surface area contributed by atoms with E-state index in [4.69, 9.17) is 4.74 Å². The summed E-state index contributed by atoms with van der Waals surface area (Å²) in [6, 6.07) is 0.533. The number of H-pyrrole nitrogens is 1. The van der Waals surface area contributed by atoms with Gasteiger partial charge in [-0.15, -0.1) is 0 Å². The summed E-state index contributed by atoms with van der Waals surface area (Å²) in [5.41, 5.74) is -0.444. The maximum Gasteiger partial charge on any atom is 0.410 e. The summed E-state index contributed by atoms with van der Waals surface area (Å²) < 4.78 is 5.50. The molecule has 2 atom stereocenters. The van der Waals surface area contributed by atoms with Crippen molar-refractivity contribution in [2.24, 2.45) is 0 Å². The van der Waals surface area contributed by atoms with Crippen LogP contribution in [0.3, 0.4) is 0 Å². The van der Waals surface area contributed by atoms with Crippen LogP contribution in [0.5, 0.6) is 0 Å². The van der Waals surface area contributed by atoms with Crippen molar-refractivity contribution < 1.29 is 9.53 Å². The number of carbonyl (C=O) groups is 1. The van der Waals surface area contributed by atoms with E-state index in [1.165, 1.54) is 6.33 Å². The fraction of sp³-hybridized carbons (Fsp3) is 0.800. The van der Waals surface area contributed by atoms with Gasteiger partial charge in [-0.25, -0.2) is 9.78 Å². The molecule has 0 saturated carbocycles. The van der Waals surface area contributed by atoms with Gasteiger partial charge in [0.05, 0.1) is 6.54 Å². The Balaban J connectivity index is 1.81. The normalized spacial score (nSPS) is 20.2.